The number of rotatable bonds is 10. The number of carboxylic acids is 1. The Bertz CT molecular complexity index is 187. The van der Waals surface area contributed by atoms with Crippen LogP contribution in [0.4, 0.5) is 0 Å². The van der Waals surface area contributed by atoms with E-state index in [9.17, 15) is 4.79 Å². The molecule has 0 aromatic heterocycles. The third-order valence-corrected chi connectivity index (χ3v) is 2.53. The SMILES string of the molecule is CCCCC(C(=O)O)N(CCO)CCOC. The zero-order valence-corrected chi connectivity index (χ0v) is 10.2. The smallest absolute Gasteiger partial charge is 0.320 e. The van der Waals surface area contributed by atoms with Gasteiger partial charge in [0, 0.05) is 20.2 Å². The molecule has 2 N–H and O–H groups in total. The topological polar surface area (TPSA) is 70.0 Å². The minimum absolute atomic E-state index is 0.0282. The minimum atomic E-state index is -0.821. The summed E-state index contributed by atoms with van der Waals surface area (Å²) in [6, 6.07) is -0.512. The third-order valence-electron chi connectivity index (χ3n) is 2.53. The number of unbranched alkanes of at least 4 members (excludes halogenated alkanes) is 1. The molecule has 0 saturated heterocycles. The van der Waals surface area contributed by atoms with Crippen LogP contribution >= 0.6 is 0 Å². The average molecular weight is 233 g/mol. The summed E-state index contributed by atoms with van der Waals surface area (Å²) in [5, 5.41) is 18.0. The monoisotopic (exact) mass is 233 g/mol. The Kier molecular flexibility index (Phi) is 9.18. The molecule has 16 heavy (non-hydrogen) atoms. The van der Waals surface area contributed by atoms with Gasteiger partial charge >= 0.3 is 5.97 Å². The van der Waals surface area contributed by atoms with Crippen molar-refractivity contribution in [1.82, 2.24) is 4.90 Å². The van der Waals surface area contributed by atoms with Crippen molar-refractivity contribution in [2.24, 2.45) is 0 Å². The molecule has 0 aromatic rings. The van der Waals surface area contributed by atoms with Gasteiger partial charge in [-0.15, -0.1) is 0 Å². The molecule has 5 heteroatoms. The van der Waals surface area contributed by atoms with Crippen LogP contribution in [-0.4, -0.2) is 60.5 Å². The van der Waals surface area contributed by atoms with E-state index in [2.05, 4.69) is 0 Å². The number of carbonyl (C=O) groups is 1. The van der Waals surface area contributed by atoms with Crippen LogP contribution in [0, 0.1) is 0 Å². The van der Waals surface area contributed by atoms with E-state index >= 15 is 0 Å². The fourth-order valence-electron chi connectivity index (χ4n) is 1.62. The molecule has 0 aliphatic rings. The molecule has 1 atom stereocenters. The highest BCUT2D eigenvalue weighted by Gasteiger charge is 2.24. The first kappa shape index (κ1) is 15.3. The number of ether oxygens (including phenoxy) is 1. The summed E-state index contributed by atoms with van der Waals surface area (Å²) in [5.41, 5.74) is 0. The van der Waals surface area contributed by atoms with Crippen LogP contribution in [-0.2, 0) is 9.53 Å². The van der Waals surface area contributed by atoms with Crippen molar-refractivity contribution in [3.8, 4) is 0 Å². The Balaban J connectivity index is 4.32. The minimum Gasteiger partial charge on any atom is -0.480 e. The van der Waals surface area contributed by atoms with Crippen molar-refractivity contribution in [2.75, 3.05) is 33.4 Å². The van der Waals surface area contributed by atoms with Crippen LogP contribution in [0.2, 0.25) is 0 Å². The summed E-state index contributed by atoms with van der Waals surface area (Å²) in [6.45, 7) is 3.40. The summed E-state index contributed by atoms with van der Waals surface area (Å²) in [7, 11) is 1.58. The number of hydrogen-bond acceptors (Lipinski definition) is 4. The third kappa shape index (κ3) is 6.05. The Morgan fingerprint density at radius 3 is 2.56 bits per heavy atom. The van der Waals surface area contributed by atoms with Crippen molar-refractivity contribution in [3.63, 3.8) is 0 Å². The second kappa shape index (κ2) is 9.57. The van der Waals surface area contributed by atoms with Gasteiger partial charge in [0.05, 0.1) is 13.2 Å². The van der Waals surface area contributed by atoms with Crippen LogP contribution in [0.25, 0.3) is 0 Å². The first-order valence-corrected chi connectivity index (χ1v) is 5.74. The van der Waals surface area contributed by atoms with Gasteiger partial charge < -0.3 is 14.9 Å². The maximum Gasteiger partial charge on any atom is 0.320 e. The highest BCUT2D eigenvalue weighted by Crippen LogP contribution is 2.09. The van der Waals surface area contributed by atoms with Gasteiger partial charge in [0.2, 0.25) is 0 Å². The fraction of sp³-hybridized carbons (Fsp3) is 0.909. The maximum absolute atomic E-state index is 11.1. The molecule has 0 rings (SSSR count). The molecule has 0 fully saturated rings. The average Bonchev–Trinajstić information content (AvgIpc) is 2.25. The Labute approximate surface area is 97.0 Å². The van der Waals surface area contributed by atoms with Gasteiger partial charge in [-0.25, -0.2) is 0 Å². The van der Waals surface area contributed by atoms with Crippen LogP contribution in [0.15, 0.2) is 0 Å². The van der Waals surface area contributed by atoms with Crippen molar-refractivity contribution in [3.05, 3.63) is 0 Å². The zero-order chi connectivity index (χ0) is 12.4. The van der Waals surface area contributed by atoms with E-state index < -0.39 is 12.0 Å². The molecule has 0 aliphatic heterocycles. The van der Waals surface area contributed by atoms with E-state index in [1.165, 1.54) is 0 Å². The molecule has 0 amide bonds. The Hall–Kier alpha value is -0.650. The molecule has 0 radical (unpaired) electrons. The predicted molar refractivity (Wildman–Crippen MR) is 61.5 cm³/mol. The first-order valence-electron chi connectivity index (χ1n) is 5.74. The molecule has 0 bridgehead atoms. The highest BCUT2D eigenvalue weighted by atomic mass is 16.5. The van der Waals surface area contributed by atoms with E-state index in [0.717, 1.165) is 12.8 Å². The zero-order valence-electron chi connectivity index (χ0n) is 10.2. The van der Waals surface area contributed by atoms with E-state index in [1.807, 2.05) is 6.92 Å². The van der Waals surface area contributed by atoms with Crippen molar-refractivity contribution in [2.45, 2.75) is 32.2 Å². The van der Waals surface area contributed by atoms with E-state index in [-0.39, 0.29) is 6.61 Å². The molecule has 0 aliphatic carbocycles. The quantitative estimate of drug-likeness (QED) is 0.577. The number of methoxy groups -OCH3 is 1. The fourth-order valence-corrected chi connectivity index (χ4v) is 1.62. The van der Waals surface area contributed by atoms with Crippen molar-refractivity contribution >= 4 is 5.97 Å². The van der Waals surface area contributed by atoms with Gasteiger partial charge in [0.15, 0.2) is 0 Å². The summed E-state index contributed by atoms with van der Waals surface area (Å²) >= 11 is 0. The molecule has 1 unspecified atom stereocenters. The number of hydrogen-bond donors (Lipinski definition) is 2. The Morgan fingerprint density at radius 2 is 2.12 bits per heavy atom. The Morgan fingerprint density at radius 1 is 1.44 bits per heavy atom. The second-order valence-electron chi connectivity index (χ2n) is 3.75. The molecule has 5 nitrogen and oxygen atoms in total. The molecule has 0 heterocycles. The van der Waals surface area contributed by atoms with E-state index in [4.69, 9.17) is 14.9 Å². The first-order chi connectivity index (χ1) is 7.67. The number of carboxylic acid groups (broad SMARTS) is 1. The molecule has 96 valence electrons. The largest absolute Gasteiger partial charge is 0.480 e. The summed E-state index contributed by atoms with van der Waals surface area (Å²) < 4.78 is 4.94. The molecule has 0 spiro atoms. The van der Waals surface area contributed by atoms with Crippen LogP contribution < -0.4 is 0 Å². The number of aliphatic hydroxyl groups is 1. The normalized spacial score (nSPS) is 13.0. The number of aliphatic hydroxyl groups excluding tert-OH is 1. The maximum atomic E-state index is 11.1. The standard InChI is InChI=1S/C11H23NO4/c1-3-4-5-10(11(14)15)12(6-8-13)7-9-16-2/h10,13H,3-9H2,1-2H3,(H,14,15). The van der Waals surface area contributed by atoms with E-state index in [1.54, 1.807) is 12.0 Å². The lowest BCUT2D eigenvalue weighted by Crippen LogP contribution is -2.44. The molecule has 0 aromatic carbocycles. The van der Waals surface area contributed by atoms with Crippen LogP contribution in [0.1, 0.15) is 26.2 Å². The summed E-state index contributed by atoms with van der Waals surface area (Å²) in [6.07, 6.45) is 2.47. The predicted octanol–water partition coefficient (Wildman–Crippen LogP) is 0.570. The number of aliphatic carboxylic acids is 1. The van der Waals surface area contributed by atoms with Gasteiger partial charge in [-0.3, -0.25) is 9.69 Å². The lowest BCUT2D eigenvalue weighted by molar-refractivity contribution is -0.144. The van der Waals surface area contributed by atoms with Gasteiger partial charge in [0.25, 0.3) is 0 Å². The molecule has 0 saturated carbocycles. The van der Waals surface area contributed by atoms with Gasteiger partial charge in [-0.05, 0) is 6.42 Å². The second-order valence-corrected chi connectivity index (χ2v) is 3.75. The van der Waals surface area contributed by atoms with Crippen LogP contribution in [0.5, 0.6) is 0 Å². The molecular formula is C11H23NO4. The van der Waals surface area contributed by atoms with Gasteiger partial charge in [0.1, 0.15) is 6.04 Å². The van der Waals surface area contributed by atoms with Crippen molar-refractivity contribution < 1.29 is 19.7 Å². The van der Waals surface area contributed by atoms with E-state index in [0.29, 0.717) is 26.1 Å². The van der Waals surface area contributed by atoms with Crippen LogP contribution in [0.3, 0.4) is 0 Å². The highest BCUT2D eigenvalue weighted by molar-refractivity contribution is 5.73. The van der Waals surface area contributed by atoms with Crippen molar-refractivity contribution in [1.29, 1.82) is 0 Å². The van der Waals surface area contributed by atoms with Gasteiger partial charge in [-0.2, -0.15) is 0 Å². The molecular weight excluding hydrogens is 210 g/mol. The summed E-state index contributed by atoms with van der Waals surface area (Å²) in [5.74, 6) is -0.821. The summed E-state index contributed by atoms with van der Waals surface area (Å²) in [4.78, 5) is 12.9. The lowest BCUT2D eigenvalue weighted by atomic mass is 10.1. The lowest BCUT2D eigenvalue weighted by Gasteiger charge is -2.27. The van der Waals surface area contributed by atoms with Gasteiger partial charge in [-0.1, -0.05) is 19.8 Å². The number of nitrogens with zero attached hydrogens (tertiary/aromatic N) is 1.